The molecule has 0 aliphatic carbocycles. The molecule has 1 N–H and O–H groups in total. The Balaban J connectivity index is 1.82. The first-order chi connectivity index (χ1) is 8.83. The van der Waals surface area contributed by atoms with Gasteiger partial charge in [-0.2, -0.15) is 4.98 Å². The van der Waals surface area contributed by atoms with Gasteiger partial charge in [0.2, 0.25) is 11.7 Å². The first-order valence-electron chi connectivity index (χ1n) is 5.99. The molecule has 0 amide bonds. The first kappa shape index (κ1) is 11.8. The minimum atomic E-state index is 0.329. The second-order valence-electron chi connectivity index (χ2n) is 4.36. The number of pyridine rings is 1. The third-order valence-electron chi connectivity index (χ3n) is 3.04. The summed E-state index contributed by atoms with van der Waals surface area (Å²) >= 11 is 3.35. The van der Waals surface area contributed by atoms with Crippen LogP contribution in [0.3, 0.4) is 0 Å². The van der Waals surface area contributed by atoms with Gasteiger partial charge in [0.25, 0.3) is 0 Å². The Morgan fingerprint density at radius 3 is 3.06 bits per heavy atom. The molecule has 0 spiro atoms. The highest BCUT2D eigenvalue weighted by Gasteiger charge is 2.21. The Morgan fingerprint density at radius 1 is 1.39 bits per heavy atom. The number of nitrogens with one attached hydrogen (secondary N) is 1. The highest BCUT2D eigenvalue weighted by molar-refractivity contribution is 9.10. The molecule has 1 aliphatic heterocycles. The summed E-state index contributed by atoms with van der Waals surface area (Å²) in [5.41, 5.74) is 0.733. The van der Waals surface area contributed by atoms with E-state index in [2.05, 4.69) is 36.4 Å². The Labute approximate surface area is 113 Å². The average Bonchev–Trinajstić information content (AvgIpc) is 2.90. The smallest absolute Gasteiger partial charge is 0.231 e. The van der Waals surface area contributed by atoms with Crippen LogP contribution in [-0.4, -0.2) is 28.2 Å². The van der Waals surface area contributed by atoms with Gasteiger partial charge in [-0.05, 0) is 47.4 Å². The predicted molar refractivity (Wildman–Crippen MR) is 70.1 cm³/mol. The van der Waals surface area contributed by atoms with Crippen molar-refractivity contribution in [3.05, 3.63) is 28.7 Å². The molecule has 2 aromatic rings. The van der Waals surface area contributed by atoms with Crippen LogP contribution in [0.5, 0.6) is 0 Å². The van der Waals surface area contributed by atoms with Gasteiger partial charge in [0.1, 0.15) is 5.69 Å². The highest BCUT2D eigenvalue weighted by Crippen LogP contribution is 2.24. The molecule has 1 unspecified atom stereocenters. The maximum atomic E-state index is 5.34. The fourth-order valence-electron chi connectivity index (χ4n) is 2.08. The predicted octanol–water partition coefficient (Wildman–Crippen LogP) is 2.36. The SMILES string of the molecule is Brc1ccc(-c2noc(C3CCCNC3)n2)nc1. The fourth-order valence-corrected chi connectivity index (χ4v) is 2.31. The number of nitrogens with zero attached hydrogens (tertiary/aromatic N) is 3. The summed E-state index contributed by atoms with van der Waals surface area (Å²) in [5.74, 6) is 1.60. The van der Waals surface area contributed by atoms with Crippen LogP contribution in [-0.2, 0) is 0 Å². The van der Waals surface area contributed by atoms with Gasteiger partial charge in [0, 0.05) is 17.2 Å². The minimum absolute atomic E-state index is 0.329. The Morgan fingerprint density at radius 2 is 2.33 bits per heavy atom. The van der Waals surface area contributed by atoms with Crippen molar-refractivity contribution in [2.45, 2.75) is 18.8 Å². The van der Waals surface area contributed by atoms with E-state index < -0.39 is 0 Å². The summed E-state index contributed by atoms with van der Waals surface area (Å²) in [5, 5.41) is 7.34. The van der Waals surface area contributed by atoms with Gasteiger partial charge < -0.3 is 9.84 Å². The summed E-state index contributed by atoms with van der Waals surface area (Å²) < 4.78 is 6.27. The van der Waals surface area contributed by atoms with Crippen molar-refractivity contribution < 1.29 is 4.52 Å². The summed E-state index contributed by atoms with van der Waals surface area (Å²) in [6.45, 7) is 1.99. The summed E-state index contributed by atoms with van der Waals surface area (Å²) in [6, 6.07) is 3.79. The van der Waals surface area contributed by atoms with E-state index in [1.54, 1.807) is 6.20 Å². The van der Waals surface area contributed by atoms with Crippen molar-refractivity contribution in [3.63, 3.8) is 0 Å². The number of hydrogen-bond donors (Lipinski definition) is 1. The third-order valence-corrected chi connectivity index (χ3v) is 3.51. The van der Waals surface area contributed by atoms with Gasteiger partial charge in [0.15, 0.2) is 0 Å². The van der Waals surface area contributed by atoms with E-state index in [-0.39, 0.29) is 0 Å². The van der Waals surface area contributed by atoms with Crippen LogP contribution in [0.2, 0.25) is 0 Å². The van der Waals surface area contributed by atoms with Crippen molar-refractivity contribution in [2.24, 2.45) is 0 Å². The molecule has 0 bridgehead atoms. The number of aromatic nitrogens is 3. The highest BCUT2D eigenvalue weighted by atomic mass is 79.9. The summed E-state index contributed by atoms with van der Waals surface area (Å²) in [6.07, 6.45) is 3.98. The number of piperidine rings is 1. The molecule has 0 radical (unpaired) electrons. The number of halogens is 1. The minimum Gasteiger partial charge on any atom is -0.339 e. The zero-order valence-electron chi connectivity index (χ0n) is 9.77. The maximum absolute atomic E-state index is 5.34. The van der Waals surface area contributed by atoms with Gasteiger partial charge in [-0.25, -0.2) is 0 Å². The van der Waals surface area contributed by atoms with Gasteiger partial charge in [-0.1, -0.05) is 5.16 Å². The number of hydrogen-bond acceptors (Lipinski definition) is 5. The lowest BCUT2D eigenvalue weighted by molar-refractivity contribution is 0.322. The molecule has 6 heteroatoms. The topological polar surface area (TPSA) is 63.8 Å². The molecule has 94 valence electrons. The van der Waals surface area contributed by atoms with Crippen LogP contribution >= 0.6 is 15.9 Å². The van der Waals surface area contributed by atoms with Crippen molar-refractivity contribution in [1.29, 1.82) is 0 Å². The van der Waals surface area contributed by atoms with Crippen LogP contribution in [0.4, 0.5) is 0 Å². The van der Waals surface area contributed by atoms with E-state index in [1.807, 2.05) is 12.1 Å². The van der Waals surface area contributed by atoms with Crippen molar-refractivity contribution in [2.75, 3.05) is 13.1 Å². The summed E-state index contributed by atoms with van der Waals surface area (Å²) in [4.78, 5) is 8.70. The van der Waals surface area contributed by atoms with E-state index in [9.17, 15) is 0 Å². The molecule has 3 heterocycles. The molecule has 0 aromatic carbocycles. The van der Waals surface area contributed by atoms with E-state index in [1.165, 1.54) is 0 Å². The molecular weight excluding hydrogens is 296 g/mol. The summed E-state index contributed by atoms with van der Waals surface area (Å²) in [7, 11) is 0. The Bertz CT molecular complexity index is 519. The molecular formula is C12H13BrN4O. The largest absolute Gasteiger partial charge is 0.339 e. The molecule has 1 saturated heterocycles. The lowest BCUT2D eigenvalue weighted by Crippen LogP contribution is -2.28. The van der Waals surface area contributed by atoms with Crippen LogP contribution < -0.4 is 5.32 Å². The van der Waals surface area contributed by atoms with Crippen LogP contribution in [0.15, 0.2) is 27.3 Å². The molecule has 1 aliphatic rings. The van der Waals surface area contributed by atoms with E-state index in [0.717, 1.165) is 36.1 Å². The van der Waals surface area contributed by atoms with Crippen LogP contribution in [0.1, 0.15) is 24.7 Å². The number of rotatable bonds is 2. The van der Waals surface area contributed by atoms with Crippen LogP contribution in [0, 0.1) is 0 Å². The lowest BCUT2D eigenvalue weighted by Gasteiger charge is -2.18. The van der Waals surface area contributed by atoms with Gasteiger partial charge in [0.05, 0.1) is 5.92 Å². The van der Waals surface area contributed by atoms with Crippen molar-refractivity contribution in [3.8, 4) is 11.5 Å². The van der Waals surface area contributed by atoms with Crippen molar-refractivity contribution in [1.82, 2.24) is 20.4 Å². The molecule has 5 nitrogen and oxygen atoms in total. The molecule has 0 saturated carbocycles. The maximum Gasteiger partial charge on any atom is 0.231 e. The Kier molecular flexibility index (Phi) is 3.38. The van der Waals surface area contributed by atoms with E-state index in [4.69, 9.17) is 4.52 Å². The average molecular weight is 309 g/mol. The van der Waals surface area contributed by atoms with Gasteiger partial charge in [-0.15, -0.1) is 0 Å². The standard InChI is InChI=1S/C12H13BrN4O/c13-9-3-4-10(15-7-9)11-16-12(18-17-11)8-2-1-5-14-6-8/h3-4,7-8,14H,1-2,5-6H2. The molecule has 1 fully saturated rings. The van der Waals surface area contributed by atoms with Crippen molar-refractivity contribution >= 4 is 15.9 Å². The Hall–Kier alpha value is -1.27. The normalized spacial score (nSPS) is 19.9. The van der Waals surface area contributed by atoms with E-state index in [0.29, 0.717) is 17.6 Å². The lowest BCUT2D eigenvalue weighted by atomic mass is 10.00. The molecule has 18 heavy (non-hydrogen) atoms. The van der Waals surface area contributed by atoms with Crippen LogP contribution in [0.25, 0.3) is 11.5 Å². The van der Waals surface area contributed by atoms with Gasteiger partial charge >= 0.3 is 0 Å². The fraction of sp³-hybridized carbons (Fsp3) is 0.417. The quantitative estimate of drug-likeness (QED) is 0.922. The first-order valence-corrected chi connectivity index (χ1v) is 6.78. The zero-order chi connectivity index (χ0) is 12.4. The van der Waals surface area contributed by atoms with E-state index >= 15 is 0 Å². The second-order valence-corrected chi connectivity index (χ2v) is 5.28. The second kappa shape index (κ2) is 5.16. The third kappa shape index (κ3) is 2.44. The molecule has 1 atom stereocenters. The monoisotopic (exact) mass is 308 g/mol. The zero-order valence-corrected chi connectivity index (χ0v) is 11.4. The van der Waals surface area contributed by atoms with Gasteiger partial charge in [-0.3, -0.25) is 4.98 Å². The molecule has 2 aromatic heterocycles. The molecule has 3 rings (SSSR count).